The molecule has 3 aromatic carbocycles. The van der Waals surface area contributed by atoms with Gasteiger partial charge in [-0.05, 0) is 58.3 Å². The molecule has 2 N–H and O–H groups in total. The van der Waals surface area contributed by atoms with E-state index in [-0.39, 0.29) is 18.4 Å². The van der Waals surface area contributed by atoms with Crippen molar-refractivity contribution in [1.29, 1.82) is 0 Å². The second-order valence-electron chi connectivity index (χ2n) is 7.37. The molecular weight excluding hydrogens is 484 g/mol. The number of ether oxygens (including phenoxy) is 2. The van der Waals surface area contributed by atoms with Crippen LogP contribution in [0.4, 0.5) is 5.69 Å². The van der Waals surface area contributed by atoms with Crippen molar-refractivity contribution in [3.8, 4) is 11.5 Å². The SMILES string of the molecule is CCOc1cc(/C=C2\C(=O)Nc3ccccc32)cc(Br)c1OCC(=O)NCc1ccccc1. The Kier molecular flexibility index (Phi) is 7.10. The number of carbonyl (C=O) groups is 2. The third kappa shape index (κ3) is 5.43. The first-order valence-corrected chi connectivity index (χ1v) is 11.4. The molecule has 0 aliphatic carbocycles. The first kappa shape index (κ1) is 22.6. The van der Waals surface area contributed by atoms with E-state index < -0.39 is 0 Å². The number of para-hydroxylation sites is 1. The van der Waals surface area contributed by atoms with Gasteiger partial charge in [0, 0.05) is 23.4 Å². The van der Waals surface area contributed by atoms with Crippen LogP contribution in [0.25, 0.3) is 11.6 Å². The fourth-order valence-electron chi connectivity index (χ4n) is 3.51. The van der Waals surface area contributed by atoms with Crippen molar-refractivity contribution in [1.82, 2.24) is 5.32 Å². The topological polar surface area (TPSA) is 76.7 Å². The van der Waals surface area contributed by atoms with E-state index in [2.05, 4.69) is 26.6 Å². The molecule has 0 unspecified atom stereocenters. The lowest BCUT2D eigenvalue weighted by molar-refractivity contribution is -0.123. The van der Waals surface area contributed by atoms with Gasteiger partial charge in [-0.25, -0.2) is 0 Å². The van der Waals surface area contributed by atoms with Crippen molar-refractivity contribution >= 4 is 45.1 Å². The van der Waals surface area contributed by atoms with Crippen LogP contribution < -0.4 is 20.1 Å². The summed E-state index contributed by atoms with van der Waals surface area (Å²) in [6.07, 6.45) is 1.81. The number of hydrogen-bond acceptors (Lipinski definition) is 4. The largest absolute Gasteiger partial charge is 0.490 e. The molecule has 0 saturated carbocycles. The van der Waals surface area contributed by atoms with E-state index >= 15 is 0 Å². The molecule has 4 rings (SSSR count). The van der Waals surface area contributed by atoms with Crippen molar-refractivity contribution in [3.05, 3.63) is 87.9 Å². The van der Waals surface area contributed by atoms with Crippen LogP contribution in [0.5, 0.6) is 11.5 Å². The van der Waals surface area contributed by atoms with E-state index in [9.17, 15) is 9.59 Å². The number of halogens is 1. The number of carbonyl (C=O) groups excluding carboxylic acids is 2. The smallest absolute Gasteiger partial charge is 0.258 e. The second kappa shape index (κ2) is 10.4. The molecule has 7 heteroatoms. The average molecular weight is 507 g/mol. The summed E-state index contributed by atoms with van der Waals surface area (Å²) in [5, 5.41) is 5.71. The minimum atomic E-state index is -0.237. The first-order valence-electron chi connectivity index (χ1n) is 10.6. The summed E-state index contributed by atoms with van der Waals surface area (Å²) in [6, 6.07) is 20.9. The molecule has 0 fully saturated rings. The summed E-state index contributed by atoms with van der Waals surface area (Å²) in [7, 11) is 0. The predicted octanol–water partition coefficient (Wildman–Crippen LogP) is 5.04. The Bertz CT molecular complexity index is 1210. The molecule has 2 amide bonds. The Morgan fingerprint density at radius 1 is 1.06 bits per heavy atom. The fourth-order valence-corrected chi connectivity index (χ4v) is 4.08. The van der Waals surface area contributed by atoms with Crippen LogP contribution in [-0.2, 0) is 16.1 Å². The van der Waals surface area contributed by atoms with E-state index in [4.69, 9.17) is 9.47 Å². The number of benzene rings is 3. The van der Waals surface area contributed by atoms with E-state index in [1.54, 1.807) is 6.07 Å². The molecule has 0 atom stereocenters. The van der Waals surface area contributed by atoms with Crippen molar-refractivity contribution in [2.24, 2.45) is 0 Å². The van der Waals surface area contributed by atoms with Crippen LogP contribution >= 0.6 is 15.9 Å². The van der Waals surface area contributed by atoms with Gasteiger partial charge in [0.1, 0.15) is 0 Å². The van der Waals surface area contributed by atoms with E-state index in [1.165, 1.54) is 0 Å². The van der Waals surface area contributed by atoms with E-state index in [0.717, 1.165) is 22.4 Å². The van der Waals surface area contributed by atoms with Gasteiger partial charge in [-0.3, -0.25) is 9.59 Å². The zero-order valence-corrected chi connectivity index (χ0v) is 19.6. The summed E-state index contributed by atoms with van der Waals surface area (Å²) in [5.41, 5.74) is 4.00. The molecule has 1 heterocycles. The van der Waals surface area contributed by atoms with Crippen molar-refractivity contribution in [2.75, 3.05) is 18.5 Å². The van der Waals surface area contributed by atoms with Crippen LogP contribution in [0, 0.1) is 0 Å². The quantitative estimate of drug-likeness (QED) is 0.419. The van der Waals surface area contributed by atoms with Crippen LogP contribution in [-0.4, -0.2) is 25.0 Å². The van der Waals surface area contributed by atoms with Gasteiger partial charge in [0.25, 0.3) is 11.8 Å². The van der Waals surface area contributed by atoms with Crippen LogP contribution in [0.2, 0.25) is 0 Å². The maximum atomic E-state index is 12.4. The maximum absolute atomic E-state index is 12.4. The third-order valence-corrected chi connectivity index (χ3v) is 5.62. The summed E-state index contributed by atoms with van der Waals surface area (Å²) >= 11 is 3.52. The highest BCUT2D eigenvalue weighted by molar-refractivity contribution is 9.10. The number of amides is 2. The molecule has 0 bridgehead atoms. The van der Waals surface area contributed by atoms with E-state index in [0.29, 0.717) is 34.7 Å². The second-order valence-corrected chi connectivity index (χ2v) is 8.23. The molecule has 3 aromatic rings. The van der Waals surface area contributed by atoms with Gasteiger partial charge in [-0.2, -0.15) is 0 Å². The standard InChI is InChI=1S/C26H23BrN2O4/c1-2-32-23-14-18(12-20-19-10-6-7-11-22(19)29-26(20)31)13-21(27)25(23)33-16-24(30)28-15-17-8-4-3-5-9-17/h3-14H,2,15-16H2,1H3,(H,28,30)(H,29,31)/b20-12-. The minimum Gasteiger partial charge on any atom is -0.490 e. The Morgan fingerprint density at radius 2 is 1.82 bits per heavy atom. The highest BCUT2D eigenvalue weighted by Gasteiger charge is 2.24. The minimum absolute atomic E-state index is 0.151. The Morgan fingerprint density at radius 3 is 2.61 bits per heavy atom. The molecule has 0 aromatic heterocycles. The third-order valence-electron chi connectivity index (χ3n) is 5.03. The number of hydrogen-bond donors (Lipinski definition) is 2. The fraction of sp³-hybridized carbons (Fsp3) is 0.154. The lowest BCUT2D eigenvalue weighted by Gasteiger charge is -2.15. The predicted molar refractivity (Wildman–Crippen MR) is 132 cm³/mol. The highest BCUT2D eigenvalue weighted by atomic mass is 79.9. The molecule has 1 aliphatic rings. The van der Waals surface area contributed by atoms with Gasteiger partial charge >= 0.3 is 0 Å². The Hall–Kier alpha value is -3.58. The van der Waals surface area contributed by atoms with Crippen molar-refractivity contribution in [2.45, 2.75) is 13.5 Å². The zero-order chi connectivity index (χ0) is 23.2. The van der Waals surface area contributed by atoms with Gasteiger partial charge in [-0.15, -0.1) is 0 Å². The summed E-state index contributed by atoms with van der Waals surface area (Å²) in [5.74, 6) is 0.533. The number of anilines is 1. The summed E-state index contributed by atoms with van der Waals surface area (Å²) in [6.45, 7) is 2.57. The van der Waals surface area contributed by atoms with Crippen molar-refractivity contribution in [3.63, 3.8) is 0 Å². The van der Waals surface area contributed by atoms with Gasteiger partial charge in [-0.1, -0.05) is 48.5 Å². The summed E-state index contributed by atoms with van der Waals surface area (Å²) in [4.78, 5) is 24.7. The van der Waals surface area contributed by atoms with Gasteiger partial charge in [0.05, 0.1) is 11.1 Å². The van der Waals surface area contributed by atoms with Gasteiger partial charge < -0.3 is 20.1 Å². The lowest BCUT2D eigenvalue weighted by atomic mass is 10.0. The van der Waals surface area contributed by atoms with Gasteiger partial charge in [0.15, 0.2) is 18.1 Å². The summed E-state index contributed by atoms with van der Waals surface area (Å²) < 4.78 is 12.2. The van der Waals surface area contributed by atoms with Crippen molar-refractivity contribution < 1.29 is 19.1 Å². The highest BCUT2D eigenvalue weighted by Crippen LogP contribution is 2.39. The number of nitrogens with one attached hydrogen (secondary N) is 2. The Labute approximate surface area is 200 Å². The molecule has 1 aliphatic heterocycles. The molecular formula is C26H23BrN2O4. The molecule has 6 nitrogen and oxygen atoms in total. The van der Waals surface area contributed by atoms with Crippen LogP contribution in [0.15, 0.2) is 71.2 Å². The molecule has 33 heavy (non-hydrogen) atoms. The molecule has 0 saturated heterocycles. The van der Waals surface area contributed by atoms with E-state index in [1.807, 2.05) is 73.7 Å². The monoisotopic (exact) mass is 506 g/mol. The molecule has 0 radical (unpaired) electrons. The Balaban J connectivity index is 1.50. The van der Waals surface area contributed by atoms with Crippen LogP contribution in [0.1, 0.15) is 23.6 Å². The molecule has 0 spiro atoms. The number of fused-ring (bicyclic) bond motifs is 1. The van der Waals surface area contributed by atoms with Crippen LogP contribution in [0.3, 0.4) is 0 Å². The lowest BCUT2D eigenvalue weighted by Crippen LogP contribution is -2.28. The number of rotatable bonds is 8. The first-order chi connectivity index (χ1) is 16.0. The zero-order valence-electron chi connectivity index (χ0n) is 18.1. The average Bonchev–Trinajstić information content (AvgIpc) is 3.13. The normalized spacial score (nSPS) is 13.4. The van der Waals surface area contributed by atoms with Gasteiger partial charge in [0.2, 0.25) is 0 Å². The maximum Gasteiger partial charge on any atom is 0.258 e. The molecule has 168 valence electrons.